The highest BCUT2D eigenvalue weighted by Crippen LogP contribution is 2.31. The normalized spacial score (nSPS) is 10.4. The molecular weight excluding hydrogens is 270 g/mol. The van der Waals surface area contributed by atoms with Gasteiger partial charge in [-0.05, 0) is 41.8 Å². The lowest BCUT2D eigenvalue weighted by Gasteiger charge is -2.09. The van der Waals surface area contributed by atoms with Crippen LogP contribution < -0.4 is 4.74 Å². The van der Waals surface area contributed by atoms with Crippen LogP contribution in [0.4, 0.5) is 0 Å². The van der Waals surface area contributed by atoms with Crippen molar-refractivity contribution in [1.82, 2.24) is 4.57 Å². The number of hydrogen-bond donors (Lipinski definition) is 0. The van der Waals surface area contributed by atoms with Gasteiger partial charge in [0, 0.05) is 17.4 Å². The first-order valence-electron chi connectivity index (χ1n) is 6.18. The number of nitrogens with zero attached hydrogens (tertiary/aromatic N) is 1. The Hall–Kier alpha value is -2.33. The zero-order chi connectivity index (χ0) is 13.9. The zero-order valence-corrected chi connectivity index (χ0v) is 11.8. The molecule has 0 unspecified atom stereocenters. The molecule has 0 radical (unpaired) electrons. The maximum Gasteiger partial charge on any atom is 0.152 e. The first kappa shape index (κ1) is 12.7. The van der Waals surface area contributed by atoms with Gasteiger partial charge in [0.05, 0.1) is 17.7 Å². The van der Waals surface area contributed by atoms with Crippen molar-refractivity contribution < 1.29 is 9.53 Å². The Morgan fingerprint density at radius 3 is 2.55 bits per heavy atom. The molecule has 0 N–H and O–H groups in total. The van der Waals surface area contributed by atoms with E-state index in [1.807, 2.05) is 58.6 Å². The van der Waals surface area contributed by atoms with E-state index in [1.54, 1.807) is 18.4 Å². The summed E-state index contributed by atoms with van der Waals surface area (Å²) in [5.41, 5.74) is 2.63. The average molecular weight is 283 g/mol. The minimum absolute atomic E-state index is 0.697. The summed E-state index contributed by atoms with van der Waals surface area (Å²) in [6.07, 6.45) is 2.82. The van der Waals surface area contributed by atoms with Crippen molar-refractivity contribution in [1.29, 1.82) is 0 Å². The van der Waals surface area contributed by atoms with Crippen molar-refractivity contribution in [2.24, 2.45) is 0 Å². The molecule has 0 aliphatic rings. The molecule has 3 aromatic rings. The Morgan fingerprint density at radius 1 is 1.15 bits per heavy atom. The molecule has 0 saturated heterocycles. The molecular formula is C16H13NO2S. The number of aromatic nitrogens is 1. The van der Waals surface area contributed by atoms with E-state index in [0.29, 0.717) is 5.56 Å². The molecule has 2 heterocycles. The highest BCUT2D eigenvalue weighted by atomic mass is 32.1. The molecule has 0 aliphatic heterocycles. The Morgan fingerprint density at radius 2 is 1.95 bits per heavy atom. The quantitative estimate of drug-likeness (QED) is 0.677. The van der Waals surface area contributed by atoms with Crippen LogP contribution in [-0.4, -0.2) is 18.0 Å². The van der Waals surface area contributed by atoms with Gasteiger partial charge in [-0.25, -0.2) is 0 Å². The standard InChI is InChI=1S/C16H13NO2S/c1-19-14-6-4-13(5-7-14)17-9-8-12(11-18)16(17)15-3-2-10-20-15/h2-11H,1H3. The van der Waals surface area contributed by atoms with Gasteiger partial charge in [0.1, 0.15) is 5.75 Å². The Bertz CT molecular complexity index is 712. The number of ether oxygens (including phenoxy) is 1. The fourth-order valence-corrected chi connectivity index (χ4v) is 2.96. The molecule has 4 heteroatoms. The minimum atomic E-state index is 0.697. The van der Waals surface area contributed by atoms with Crippen LogP contribution in [0, 0.1) is 0 Å². The summed E-state index contributed by atoms with van der Waals surface area (Å²) in [7, 11) is 1.65. The number of carbonyl (C=O) groups excluding carboxylic acids is 1. The molecule has 0 aliphatic carbocycles. The largest absolute Gasteiger partial charge is 0.497 e. The summed E-state index contributed by atoms with van der Waals surface area (Å²) in [4.78, 5) is 12.3. The lowest BCUT2D eigenvalue weighted by atomic mass is 10.2. The van der Waals surface area contributed by atoms with Crippen molar-refractivity contribution in [2.45, 2.75) is 0 Å². The van der Waals surface area contributed by atoms with Crippen molar-refractivity contribution in [3.63, 3.8) is 0 Å². The second-order valence-corrected chi connectivity index (χ2v) is 5.23. The summed E-state index contributed by atoms with van der Waals surface area (Å²) < 4.78 is 7.19. The molecule has 0 atom stereocenters. The van der Waals surface area contributed by atoms with Gasteiger partial charge in [-0.1, -0.05) is 6.07 Å². The van der Waals surface area contributed by atoms with Crippen LogP contribution in [0.25, 0.3) is 16.3 Å². The van der Waals surface area contributed by atoms with Crippen LogP contribution in [0.3, 0.4) is 0 Å². The van der Waals surface area contributed by atoms with E-state index >= 15 is 0 Å². The van der Waals surface area contributed by atoms with E-state index in [2.05, 4.69) is 0 Å². The van der Waals surface area contributed by atoms with Crippen molar-refractivity contribution in [3.05, 3.63) is 59.6 Å². The summed E-state index contributed by atoms with van der Waals surface area (Å²) >= 11 is 1.62. The van der Waals surface area contributed by atoms with Gasteiger partial charge >= 0.3 is 0 Å². The minimum Gasteiger partial charge on any atom is -0.497 e. The molecule has 0 bridgehead atoms. The highest BCUT2D eigenvalue weighted by Gasteiger charge is 2.13. The highest BCUT2D eigenvalue weighted by molar-refractivity contribution is 7.13. The smallest absolute Gasteiger partial charge is 0.152 e. The number of methoxy groups -OCH3 is 1. The average Bonchev–Trinajstić information content (AvgIpc) is 3.15. The summed E-state index contributed by atoms with van der Waals surface area (Å²) in [5.74, 6) is 0.814. The Kier molecular flexibility index (Phi) is 3.39. The third-order valence-corrected chi connectivity index (χ3v) is 4.03. The fourth-order valence-electron chi connectivity index (χ4n) is 2.17. The van der Waals surface area contributed by atoms with Crippen LogP contribution in [0.5, 0.6) is 5.75 Å². The summed E-state index contributed by atoms with van der Waals surface area (Å²) in [6.45, 7) is 0. The second-order valence-electron chi connectivity index (χ2n) is 4.28. The predicted molar refractivity (Wildman–Crippen MR) is 81.0 cm³/mol. The van der Waals surface area contributed by atoms with Gasteiger partial charge in [0.15, 0.2) is 6.29 Å². The first-order valence-corrected chi connectivity index (χ1v) is 7.06. The summed E-state index contributed by atoms with van der Waals surface area (Å²) in [6, 6.07) is 13.6. The number of aldehydes is 1. The van der Waals surface area contributed by atoms with Crippen LogP contribution in [-0.2, 0) is 0 Å². The number of rotatable bonds is 4. The number of hydrogen-bond acceptors (Lipinski definition) is 3. The summed E-state index contributed by atoms with van der Waals surface area (Å²) in [5, 5.41) is 2.01. The monoisotopic (exact) mass is 283 g/mol. The van der Waals surface area contributed by atoms with E-state index in [-0.39, 0.29) is 0 Å². The van der Waals surface area contributed by atoms with Crippen LogP contribution in [0.2, 0.25) is 0 Å². The van der Waals surface area contributed by atoms with E-state index in [0.717, 1.165) is 28.3 Å². The third-order valence-electron chi connectivity index (χ3n) is 3.15. The van der Waals surface area contributed by atoms with Crippen LogP contribution in [0.15, 0.2) is 54.0 Å². The maximum absolute atomic E-state index is 11.2. The van der Waals surface area contributed by atoms with Crippen molar-refractivity contribution >= 4 is 17.6 Å². The van der Waals surface area contributed by atoms with Gasteiger partial charge in [0.2, 0.25) is 0 Å². The number of carbonyl (C=O) groups is 1. The molecule has 1 aromatic carbocycles. The number of thiophene rings is 1. The molecule has 0 amide bonds. The van der Waals surface area contributed by atoms with Crippen molar-refractivity contribution in [3.8, 4) is 22.0 Å². The molecule has 0 spiro atoms. The topological polar surface area (TPSA) is 31.2 Å². The molecule has 3 rings (SSSR count). The molecule has 0 saturated carbocycles. The van der Waals surface area contributed by atoms with Crippen LogP contribution >= 0.6 is 11.3 Å². The molecule has 100 valence electrons. The fraction of sp³-hybridized carbons (Fsp3) is 0.0625. The van der Waals surface area contributed by atoms with E-state index in [1.165, 1.54) is 0 Å². The van der Waals surface area contributed by atoms with E-state index in [9.17, 15) is 4.79 Å². The van der Waals surface area contributed by atoms with Gasteiger partial charge in [-0.3, -0.25) is 4.79 Å². The number of benzene rings is 1. The predicted octanol–water partition coefficient (Wildman–Crippen LogP) is 4.03. The van der Waals surface area contributed by atoms with Gasteiger partial charge in [0.25, 0.3) is 0 Å². The lowest BCUT2D eigenvalue weighted by molar-refractivity contribution is 0.112. The van der Waals surface area contributed by atoms with E-state index < -0.39 is 0 Å². The molecule has 20 heavy (non-hydrogen) atoms. The Labute approximate surface area is 121 Å². The zero-order valence-electron chi connectivity index (χ0n) is 10.9. The molecule has 0 fully saturated rings. The van der Waals surface area contributed by atoms with Gasteiger partial charge in [-0.2, -0.15) is 0 Å². The molecule has 2 aromatic heterocycles. The Balaban J connectivity index is 2.14. The van der Waals surface area contributed by atoms with Gasteiger partial charge < -0.3 is 9.30 Å². The van der Waals surface area contributed by atoms with Gasteiger partial charge in [-0.15, -0.1) is 11.3 Å². The lowest BCUT2D eigenvalue weighted by Crippen LogP contribution is -1.96. The SMILES string of the molecule is COc1ccc(-n2ccc(C=O)c2-c2cccs2)cc1. The van der Waals surface area contributed by atoms with Crippen LogP contribution in [0.1, 0.15) is 10.4 Å². The first-order chi connectivity index (χ1) is 9.83. The molecule has 3 nitrogen and oxygen atoms in total. The third kappa shape index (κ3) is 2.14. The van der Waals surface area contributed by atoms with Crippen molar-refractivity contribution in [2.75, 3.05) is 7.11 Å². The maximum atomic E-state index is 11.2. The van der Waals surface area contributed by atoms with E-state index in [4.69, 9.17) is 4.74 Å². The second kappa shape index (κ2) is 5.35.